The molecule has 102 valence electrons. The van der Waals surface area contributed by atoms with Gasteiger partial charge in [0.2, 0.25) is 5.95 Å². The Balaban J connectivity index is 1.91. The van der Waals surface area contributed by atoms with Gasteiger partial charge in [-0.15, -0.1) is 11.3 Å². The molecule has 2 heterocycles. The van der Waals surface area contributed by atoms with Crippen LogP contribution in [-0.2, 0) is 6.42 Å². The standard InChI is InChI=1S/C14H20N4S/c1-3-10-7-11-12(16-8-9-5-4-6-9)17-14(15-2)18-13(11)19-10/h7,9H,3-6,8H2,1-2H3,(H2,15,16,17,18). The van der Waals surface area contributed by atoms with E-state index in [9.17, 15) is 0 Å². The molecule has 2 N–H and O–H groups in total. The average molecular weight is 276 g/mol. The Kier molecular flexibility index (Phi) is 3.55. The number of aromatic nitrogens is 2. The number of nitrogens with one attached hydrogen (secondary N) is 2. The van der Waals surface area contributed by atoms with Crippen LogP contribution >= 0.6 is 11.3 Å². The number of nitrogens with zero attached hydrogens (tertiary/aromatic N) is 2. The molecule has 1 saturated carbocycles. The van der Waals surface area contributed by atoms with Gasteiger partial charge in [0.25, 0.3) is 0 Å². The molecule has 0 aliphatic heterocycles. The molecule has 3 rings (SSSR count). The maximum atomic E-state index is 4.57. The number of anilines is 2. The van der Waals surface area contributed by atoms with Crippen LogP contribution in [0, 0.1) is 5.92 Å². The minimum atomic E-state index is 0.702. The van der Waals surface area contributed by atoms with Crippen molar-refractivity contribution in [2.45, 2.75) is 32.6 Å². The second-order valence-corrected chi connectivity index (χ2v) is 6.22. The Hall–Kier alpha value is -1.36. The summed E-state index contributed by atoms with van der Waals surface area (Å²) in [6.45, 7) is 3.21. The zero-order chi connectivity index (χ0) is 13.2. The molecule has 1 aliphatic carbocycles. The van der Waals surface area contributed by atoms with Gasteiger partial charge in [0.1, 0.15) is 10.6 Å². The van der Waals surface area contributed by atoms with E-state index < -0.39 is 0 Å². The molecule has 0 aromatic carbocycles. The van der Waals surface area contributed by atoms with E-state index in [0.717, 1.165) is 29.5 Å². The normalized spacial score (nSPS) is 15.5. The molecule has 0 amide bonds. The number of thiophene rings is 1. The van der Waals surface area contributed by atoms with Crippen LogP contribution in [0.3, 0.4) is 0 Å². The summed E-state index contributed by atoms with van der Waals surface area (Å²) < 4.78 is 0. The van der Waals surface area contributed by atoms with E-state index in [1.807, 2.05) is 7.05 Å². The summed E-state index contributed by atoms with van der Waals surface area (Å²) in [5, 5.41) is 7.73. The first kappa shape index (κ1) is 12.7. The van der Waals surface area contributed by atoms with Crippen LogP contribution in [0.25, 0.3) is 10.2 Å². The van der Waals surface area contributed by atoms with E-state index in [-0.39, 0.29) is 0 Å². The third kappa shape index (κ3) is 2.52. The van der Waals surface area contributed by atoms with E-state index in [0.29, 0.717) is 5.95 Å². The molecule has 1 aliphatic rings. The number of hydrogen-bond donors (Lipinski definition) is 2. The van der Waals surface area contributed by atoms with Crippen molar-refractivity contribution in [2.24, 2.45) is 5.92 Å². The summed E-state index contributed by atoms with van der Waals surface area (Å²) in [6.07, 6.45) is 5.14. The van der Waals surface area contributed by atoms with Crippen molar-refractivity contribution in [3.05, 3.63) is 10.9 Å². The number of rotatable bonds is 5. The summed E-state index contributed by atoms with van der Waals surface area (Å²) in [5.41, 5.74) is 0. The van der Waals surface area contributed by atoms with Gasteiger partial charge in [0.15, 0.2) is 0 Å². The van der Waals surface area contributed by atoms with Gasteiger partial charge >= 0.3 is 0 Å². The lowest BCUT2D eigenvalue weighted by molar-refractivity contribution is 0.333. The highest BCUT2D eigenvalue weighted by Crippen LogP contribution is 2.32. The zero-order valence-corrected chi connectivity index (χ0v) is 12.3. The smallest absolute Gasteiger partial charge is 0.225 e. The van der Waals surface area contributed by atoms with Crippen molar-refractivity contribution in [1.82, 2.24) is 9.97 Å². The van der Waals surface area contributed by atoms with Crippen LogP contribution in [0.15, 0.2) is 6.07 Å². The average Bonchev–Trinajstić information content (AvgIpc) is 2.79. The van der Waals surface area contributed by atoms with Gasteiger partial charge in [0.05, 0.1) is 5.39 Å². The third-order valence-electron chi connectivity index (χ3n) is 3.80. The molecule has 0 radical (unpaired) electrons. The van der Waals surface area contributed by atoms with Crippen molar-refractivity contribution >= 4 is 33.3 Å². The van der Waals surface area contributed by atoms with E-state index in [4.69, 9.17) is 0 Å². The highest BCUT2D eigenvalue weighted by atomic mass is 32.1. The van der Waals surface area contributed by atoms with E-state index >= 15 is 0 Å². The lowest BCUT2D eigenvalue weighted by Crippen LogP contribution is -2.21. The van der Waals surface area contributed by atoms with Gasteiger partial charge in [-0.05, 0) is 31.2 Å². The topological polar surface area (TPSA) is 49.8 Å². The Morgan fingerprint density at radius 1 is 1.37 bits per heavy atom. The van der Waals surface area contributed by atoms with Crippen molar-refractivity contribution in [2.75, 3.05) is 24.2 Å². The van der Waals surface area contributed by atoms with Crippen LogP contribution in [0.5, 0.6) is 0 Å². The molecule has 4 nitrogen and oxygen atoms in total. The summed E-state index contributed by atoms with van der Waals surface area (Å²) in [5.74, 6) is 2.51. The van der Waals surface area contributed by atoms with Crippen LogP contribution in [0.1, 0.15) is 31.1 Å². The zero-order valence-electron chi connectivity index (χ0n) is 11.5. The fraction of sp³-hybridized carbons (Fsp3) is 0.571. The minimum Gasteiger partial charge on any atom is -0.369 e. The van der Waals surface area contributed by atoms with Crippen molar-refractivity contribution < 1.29 is 0 Å². The summed E-state index contributed by atoms with van der Waals surface area (Å²) in [7, 11) is 1.87. The molecule has 1 fully saturated rings. The largest absolute Gasteiger partial charge is 0.369 e. The molecular formula is C14H20N4S. The second kappa shape index (κ2) is 5.33. The predicted octanol–water partition coefficient (Wildman–Crippen LogP) is 3.51. The third-order valence-corrected chi connectivity index (χ3v) is 4.97. The number of hydrogen-bond acceptors (Lipinski definition) is 5. The fourth-order valence-corrected chi connectivity index (χ4v) is 3.30. The SMILES string of the molecule is CCc1cc2c(NCC3CCC3)nc(NC)nc2s1. The van der Waals surface area contributed by atoms with E-state index in [1.54, 1.807) is 11.3 Å². The fourth-order valence-electron chi connectivity index (χ4n) is 2.33. The van der Waals surface area contributed by atoms with Crippen LogP contribution < -0.4 is 10.6 Å². The van der Waals surface area contributed by atoms with Crippen molar-refractivity contribution in [1.29, 1.82) is 0 Å². The molecule has 0 atom stereocenters. The highest BCUT2D eigenvalue weighted by Gasteiger charge is 2.18. The first-order valence-electron chi connectivity index (χ1n) is 7.02. The second-order valence-electron chi connectivity index (χ2n) is 5.11. The van der Waals surface area contributed by atoms with Crippen LogP contribution in [0.4, 0.5) is 11.8 Å². The first-order chi connectivity index (χ1) is 9.30. The first-order valence-corrected chi connectivity index (χ1v) is 7.84. The molecule has 19 heavy (non-hydrogen) atoms. The van der Waals surface area contributed by atoms with E-state index in [2.05, 4.69) is 33.6 Å². The minimum absolute atomic E-state index is 0.702. The van der Waals surface area contributed by atoms with Gasteiger partial charge in [-0.2, -0.15) is 4.98 Å². The van der Waals surface area contributed by atoms with Crippen LogP contribution in [0.2, 0.25) is 0 Å². The summed E-state index contributed by atoms with van der Waals surface area (Å²) in [4.78, 5) is 11.6. The Bertz CT molecular complexity index is 574. The van der Waals surface area contributed by atoms with Crippen LogP contribution in [-0.4, -0.2) is 23.6 Å². The number of aryl methyl sites for hydroxylation is 1. The monoisotopic (exact) mass is 276 g/mol. The highest BCUT2D eigenvalue weighted by molar-refractivity contribution is 7.18. The molecule has 0 unspecified atom stereocenters. The number of fused-ring (bicyclic) bond motifs is 1. The molecule has 5 heteroatoms. The van der Waals surface area contributed by atoms with E-state index in [1.165, 1.54) is 29.5 Å². The lowest BCUT2D eigenvalue weighted by atomic mass is 9.85. The summed E-state index contributed by atoms with van der Waals surface area (Å²) in [6, 6.07) is 2.22. The van der Waals surface area contributed by atoms with Gasteiger partial charge < -0.3 is 10.6 Å². The lowest BCUT2D eigenvalue weighted by Gasteiger charge is -2.25. The molecule has 2 aromatic rings. The Morgan fingerprint density at radius 2 is 2.21 bits per heavy atom. The summed E-state index contributed by atoms with van der Waals surface area (Å²) >= 11 is 1.76. The predicted molar refractivity (Wildman–Crippen MR) is 82.2 cm³/mol. The Morgan fingerprint density at radius 3 is 2.84 bits per heavy atom. The van der Waals surface area contributed by atoms with Gasteiger partial charge in [-0.25, -0.2) is 4.98 Å². The van der Waals surface area contributed by atoms with Gasteiger partial charge in [0, 0.05) is 18.5 Å². The Labute approximate surface area is 117 Å². The van der Waals surface area contributed by atoms with Crippen molar-refractivity contribution in [3.63, 3.8) is 0 Å². The molecule has 0 bridgehead atoms. The molecule has 0 spiro atoms. The van der Waals surface area contributed by atoms with Gasteiger partial charge in [-0.3, -0.25) is 0 Å². The molecular weight excluding hydrogens is 256 g/mol. The molecule has 2 aromatic heterocycles. The molecule has 0 saturated heterocycles. The maximum absolute atomic E-state index is 4.57. The quantitative estimate of drug-likeness (QED) is 0.877. The van der Waals surface area contributed by atoms with Gasteiger partial charge in [-0.1, -0.05) is 13.3 Å². The van der Waals surface area contributed by atoms with Crippen molar-refractivity contribution in [3.8, 4) is 0 Å². The maximum Gasteiger partial charge on any atom is 0.225 e.